The molecule has 1 aliphatic rings. The first-order valence-electron chi connectivity index (χ1n) is 8.72. The maximum atomic E-state index is 12.6. The molecule has 0 amide bonds. The van der Waals surface area contributed by atoms with Crippen LogP contribution in [-0.4, -0.2) is 40.3 Å². The molecule has 1 aliphatic heterocycles. The van der Waals surface area contributed by atoms with Crippen molar-refractivity contribution >= 4 is 11.8 Å². The lowest BCUT2D eigenvalue weighted by atomic mass is 9.78. The van der Waals surface area contributed by atoms with Crippen LogP contribution in [0.5, 0.6) is 0 Å². The van der Waals surface area contributed by atoms with E-state index in [1.54, 1.807) is 20.8 Å². The van der Waals surface area contributed by atoms with Gasteiger partial charge in [-0.3, -0.25) is 9.59 Å². The molecule has 0 unspecified atom stereocenters. The summed E-state index contributed by atoms with van der Waals surface area (Å²) in [5, 5.41) is 20.9. The molecule has 5 heteroatoms. The van der Waals surface area contributed by atoms with Gasteiger partial charge in [0.2, 0.25) is 0 Å². The summed E-state index contributed by atoms with van der Waals surface area (Å²) in [6.07, 6.45) is -1.10. The van der Waals surface area contributed by atoms with E-state index in [4.69, 9.17) is 4.74 Å². The highest BCUT2D eigenvalue weighted by Crippen LogP contribution is 2.30. The van der Waals surface area contributed by atoms with Gasteiger partial charge >= 0.3 is 5.97 Å². The fourth-order valence-corrected chi connectivity index (χ4v) is 3.56. The van der Waals surface area contributed by atoms with Crippen molar-refractivity contribution in [1.29, 1.82) is 0 Å². The molecular weight excluding hydrogens is 296 g/mol. The molecule has 0 bridgehead atoms. The summed E-state index contributed by atoms with van der Waals surface area (Å²) >= 11 is 0. The van der Waals surface area contributed by atoms with Crippen LogP contribution in [0.2, 0.25) is 0 Å². The Hall–Kier alpha value is -0.940. The molecule has 1 saturated heterocycles. The van der Waals surface area contributed by atoms with Gasteiger partial charge in [-0.1, -0.05) is 34.6 Å². The number of aliphatic hydroxyl groups excluding tert-OH is 2. The van der Waals surface area contributed by atoms with Gasteiger partial charge in [-0.15, -0.1) is 0 Å². The zero-order valence-electron chi connectivity index (χ0n) is 15.2. The Morgan fingerprint density at radius 1 is 1.00 bits per heavy atom. The van der Waals surface area contributed by atoms with Crippen LogP contribution in [-0.2, 0) is 14.3 Å². The molecule has 134 valence electrons. The Morgan fingerprint density at radius 3 is 2.09 bits per heavy atom. The number of esters is 1. The topological polar surface area (TPSA) is 83.8 Å². The van der Waals surface area contributed by atoms with Gasteiger partial charge in [0.25, 0.3) is 0 Å². The number of rotatable bonds is 1. The van der Waals surface area contributed by atoms with Gasteiger partial charge in [0, 0.05) is 11.8 Å². The number of hydrogen-bond donors (Lipinski definition) is 2. The Kier molecular flexibility index (Phi) is 7.21. The van der Waals surface area contributed by atoms with Crippen molar-refractivity contribution in [2.24, 2.45) is 29.6 Å². The molecule has 1 fully saturated rings. The Morgan fingerprint density at radius 2 is 1.57 bits per heavy atom. The third kappa shape index (κ3) is 4.54. The number of cyclic esters (lactones) is 1. The zero-order chi connectivity index (χ0) is 17.9. The monoisotopic (exact) mass is 328 g/mol. The lowest BCUT2D eigenvalue weighted by molar-refractivity contribution is -0.165. The predicted molar refractivity (Wildman–Crippen MR) is 87.6 cm³/mol. The van der Waals surface area contributed by atoms with Gasteiger partial charge < -0.3 is 14.9 Å². The lowest BCUT2D eigenvalue weighted by Crippen LogP contribution is -2.44. The Bertz CT molecular complexity index is 422. The summed E-state index contributed by atoms with van der Waals surface area (Å²) in [7, 11) is 0. The van der Waals surface area contributed by atoms with Gasteiger partial charge in [0.1, 0.15) is 11.9 Å². The highest BCUT2D eigenvalue weighted by Gasteiger charge is 2.38. The highest BCUT2D eigenvalue weighted by molar-refractivity contribution is 5.84. The zero-order valence-corrected chi connectivity index (χ0v) is 15.2. The van der Waals surface area contributed by atoms with Crippen molar-refractivity contribution in [2.75, 3.05) is 0 Å². The Balaban J connectivity index is 3.13. The van der Waals surface area contributed by atoms with Gasteiger partial charge in [-0.05, 0) is 25.7 Å². The van der Waals surface area contributed by atoms with Crippen molar-refractivity contribution < 1.29 is 24.5 Å². The second-order valence-corrected chi connectivity index (χ2v) is 7.32. The molecule has 1 rings (SSSR count). The van der Waals surface area contributed by atoms with E-state index in [1.807, 2.05) is 20.8 Å². The number of hydrogen-bond acceptors (Lipinski definition) is 5. The standard InChI is InChI=1S/C18H32O5/c1-7-14-11(4)15(19)9(2)8-10(3)16(20)12(5)17(21)13(6)18(22)23-14/h9-14,16-17,20-21H,7-8H2,1-6H3/t9-,10+,11-,12-,13-,14+,16+,17+/m1/s1. The normalized spacial score (nSPS) is 44.2. The quantitative estimate of drug-likeness (QED) is 0.721. The second-order valence-electron chi connectivity index (χ2n) is 7.32. The highest BCUT2D eigenvalue weighted by atomic mass is 16.5. The van der Waals surface area contributed by atoms with Crippen LogP contribution in [0, 0.1) is 29.6 Å². The summed E-state index contributed by atoms with van der Waals surface area (Å²) < 4.78 is 5.50. The molecule has 0 aliphatic carbocycles. The molecule has 5 nitrogen and oxygen atoms in total. The van der Waals surface area contributed by atoms with Crippen LogP contribution in [0.15, 0.2) is 0 Å². The first kappa shape index (κ1) is 20.1. The van der Waals surface area contributed by atoms with Crippen LogP contribution >= 0.6 is 0 Å². The third-order valence-corrected chi connectivity index (χ3v) is 5.43. The fourth-order valence-electron chi connectivity index (χ4n) is 3.56. The molecule has 0 radical (unpaired) electrons. The first-order chi connectivity index (χ1) is 10.6. The van der Waals surface area contributed by atoms with E-state index in [2.05, 4.69) is 0 Å². The first-order valence-corrected chi connectivity index (χ1v) is 8.72. The second kappa shape index (κ2) is 8.25. The van der Waals surface area contributed by atoms with Gasteiger partial charge in [0.15, 0.2) is 0 Å². The third-order valence-electron chi connectivity index (χ3n) is 5.43. The summed E-state index contributed by atoms with van der Waals surface area (Å²) in [5.74, 6) is -2.39. The molecule has 0 saturated carbocycles. The molecule has 23 heavy (non-hydrogen) atoms. The van der Waals surface area contributed by atoms with E-state index in [0.717, 1.165) is 0 Å². The smallest absolute Gasteiger partial charge is 0.311 e. The average Bonchev–Trinajstić information content (AvgIpc) is 2.54. The van der Waals surface area contributed by atoms with Crippen molar-refractivity contribution in [3.05, 3.63) is 0 Å². The van der Waals surface area contributed by atoms with E-state index < -0.39 is 36.1 Å². The number of ether oxygens (including phenoxy) is 1. The number of carbonyl (C=O) groups is 2. The molecule has 0 aromatic carbocycles. The molecule has 0 spiro atoms. The van der Waals surface area contributed by atoms with E-state index >= 15 is 0 Å². The maximum absolute atomic E-state index is 12.6. The largest absolute Gasteiger partial charge is 0.461 e. The molecule has 8 atom stereocenters. The molecule has 1 heterocycles. The number of ketones is 1. The fraction of sp³-hybridized carbons (Fsp3) is 0.889. The van der Waals surface area contributed by atoms with E-state index in [9.17, 15) is 19.8 Å². The minimum Gasteiger partial charge on any atom is -0.461 e. The molecular formula is C18H32O5. The molecule has 0 aromatic rings. The van der Waals surface area contributed by atoms with Crippen LogP contribution in [0.3, 0.4) is 0 Å². The van der Waals surface area contributed by atoms with E-state index in [-0.39, 0.29) is 23.5 Å². The van der Waals surface area contributed by atoms with Gasteiger partial charge in [0.05, 0.1) is 24.0 Å². The summed E-state index contributed by atoms with van der Waals surface area (Å²) in [4.78, 5) is 24.9. The summed E-state index contributed by atoms with van der Waals surface area (Å²) in [5.41, 5.74) is 0. The SMILES string of the molecule is CC[C@@H]1OC(=O)[C@H](C)[C@@H](O)[C@H](C)[C@@H](O)[C@@H](C)C[C@@H](C)C(=O)[C@@H]1C. The molecule has 2 N–H and O–H groups in total. The van der Waals surface area contributed by atoms with Crippen molar-refractivity contribution in [3.8, 4) is 0 Å². The maximum Gasteiger partial charge on any atom is 0.311 e. The van der Waals surface area contributed by atoms with Crippen molar-refractivity contribution in [3.63, 3.8) is 0 Å². The van der Waals surface area contributed by atoms with Crippen LogP contribution in [0.1, 0.15) is 54.4 Å². The van der Waals surface area contributed by atoms with E-state index in [0.29, 0.717) is 12.8 Å². The number of Topliss-reactive ketones (excluding diaryl/α,β-unsaturated/α-hetero) is 1. The number of aliphatic hydroxyl groups is 2. The summed E-state index contributed by atoms with van der Waals surface area (Å²) in [6, 6.07) is 0. The number of carbonyl (C=O) groups excluding carboxylic acids is 2. The summed E-state index contributed by atoms with van der Waals surface area (Å²) in [6.45, 7) is 10.7. The van der Waals surface area contributed by atoms with Crippen LogP contribution in [0.4, 0.5) is 0 Å². The van der Waals surface area contributed by atoms with Gasteiger partial charge in [-0.2, -0.15) is 0 Å². The van der Waals surface area contributed by atoms with Crippen molar-refractivity contribution in [1.82, 2.24) is 0 Å². The Labute approximate surface area is 139 Å². The van der Waals surface area contributed by atoms with Crippen LogP contribution < -0.4 is 0 Å². The van der Waals surface area contributed by atoms with E-state index in [1.165, 1.54) is 0 Å². The predicted octanol–water partition coefficient (Wildman–Crippen LogP) is 2.18. The minimum absolute atomic E-state index is 0.0603. The minimum atomic E-state index is -0.974. The van der Waals surface area contributed by atoms with Gasteiger partial charge in [-0.25, -0.2) is 0 Å². The van der Waals surface area contributed by atoms with Crippen LogP contribution in [0.25, 0.3) is 0 Å². The lowest BCUT2D eigenvalue weighted by Gasteiger charge is -2.34. The average molecular weight is 328 g/mol. The van der Waals surface area contributed by atoms with Crippen molar-refractivity contribution in [2.45, 2.75) is 72.7 Å². The molecule has 0 aromatic heterocycles.